The number of piperidine rings is 1. The van der Waals surface area contributed by atoms with Gasteiger partial charge in [0, 0.05) is 25.7 Å². The number of benzene rings is 1. The van der Waals surface area contributed by atoms with Gasteiger partial charge in [-0.15, -0.1) is 0 Å². The maximum Gasteiger partial charge on any atom is 0.302 e. The predicted molar refractivity (Wildman–Crippen MR) is 77.8 cm³/mol. The van der Waals surface area contributed by atoms with E-state index in [9.17, 15) is 19.9 Å². The van der Waals surface area contributed by atoms with Gasteiger partial charge in [0.05, 0.1) is 18.8 Å². The first-order valence-electron chi connectivity index (χ1n) is 7.34. The summed E-state index contributed by atoms with van der Waals surface area (Å²) < 4.78 is 4.95. The van der Waals surface area contributed by atoms with Gasteiger partial charge in [-0.2, -0.15) is 0 Å². The number of nitrogens with zero attached hydrogens (tertiary/aromatic N) is 1. The smallest absolute Gasteiger partial charge is 0.302 e. The number of carbonyl (C=O) groups excluding carboxylic acids is 2. The van der Waals surface area contributed by atoms with E-state index in [1.54, 1.807) is 12.1 Å². The van der Waals surface area contributed by atoms with E-state index in [-0.39, 0.29) is 31.3 Å². The first kappa shape index (κ1) is 16.5. The normalized spacial score (nSPS) is 23.2. The summed E-state index contributed by atoms with van der Waals surface area (Å²) >= 11 is 0. The number of ether oxygens (including phenoxy) is 1. The molecule has 1 saturated heterocycles. The van der Waals surface area contributed by atoms with Crippen LogP contribution in [-0.4, -0.2) is 39.9 Å². The van der Waals surface area contributed by atoms with Crippen LogP contribution in [0.1, 0.15) is 37.9 Å². The Hall–Kier alpha value is -1.92. The van der Waals surface area contributed by atoms with Gasteiger partial charge in [-0.3, -0.25) is 14.8 Å². The Morgan fingerprint density at radius 1 is 1.41 bits per heavy atom. The number of carbonyl (C=O) groups is 2. The lowest BCUT2D eigenvalue weighted by Gasteiger charge is -2.35. The molecule has 0 bridgehead atoms. The summed E-state index contributed by atoms with van der Waals surface area (Å²) in [5, 5.41) is 20.8. The molecule has 0 aliphatic carbocycles. The maximum absolute atomic E-state index is 11.8. The molecular weight excluding hydrogens is 286 g/mol. The SMILES string of the molecule is CC(=O)OC[C@@H]1CC(=O)N(O)[C@@H](C[C@H](O)c2ccccc2)C1. The second kappa shape index (κ2) is 7.38. The van der Waals surface area contributed by atoms with Gasteiger partial charge in [-0.05, 0) is 12.0 Å². The summed E-state index contributed by atoms with van der Waals surface area (Å²) in [4.78, 5) is 22.7. The number of amides is 1. The molecule has 3 atom stereocenters. The van der Waals surface area contributed by atoms with E-state index in [4.69, 9.17) is 4.74 Å². The molecule has 2 rings (SSSR count). The van der Waals surface area contributed by atoms with Crippen LogP contribution in [0.5, 0.6) is 0 Å². The average Bonchev–Trinajstić information content (AvgIpc) is 2.50. The number of hydroxylamine groups is 2. The average molecular weight is 307 g/mol. The summed E-state index contributed by atoms with van der Waals surface area (Å²) in [7, 11) is 0. The third kappa shape index (κ3) is 4.29. The van der Waals surface area contributed by atoms with Crippen molar-refractivity contribution in [1.29, 1.82) is 0 Å². The fourth-order valence-corrected chi connectivity index (χ4v) is 2.74. The molecule has 1 aliphatic rings. The Labute approximate surface area is 129 Å². The summed E-state index contributed by atoms with van der Waals surface area (Å²) in [6.45, 7) is 1.48. The van der Waals surface area contributed by atoms with Crippen LogP contribution < -0.4 is 0 Å². The Morgan fingerprint density at radius 3 is 2.73 bits per heavy atom. The van der Waals surface area contributed by atoms with Crippen molar-refractivity contribution in [3.63, 3.8) is 0 Å². The molecule has 0 saturated carbocycles. The molecule has 2 N–H and O–H groups in total. The molecule has 1 amide bonds. The zero-order chi connectivity index (χ0) is 16.1. The van der Waals surface area contributed by atoms with E-state index in [0.717, 1.165) is 5.56 Å². The van der Waals surface area contributed by atoms with E-state index < -0.39 is 18.1 Å². The number of hydrogen-bond acceptors (Lipinski definition) is 5. The van der Waals surface area contributed by atoms with E-state index in [1.807, 2.05) is 18.2 Å². The highest BCUT2D eigenvalue weighted by molar-refractivity contribution is 5.76. The summed E-state index contributed by atoms with van der Waals surface area (Å²) in [6.07, 6.45) is 0.102. The molecule has 1 heterocycles. The van der Waals surface area contributed by atoms with Gasteiger partial charge in [0.15, 0.2) is 0 Å². The minimum absolute atomic E-state index is 0.132. The number of aliphatic hydroxyl groups is 1. The van der Waals surface area contributed by atoms with Crippen LogP contribution in [0.4, 0.5) is 0 Å². The quantitative estimate of drug-likeness (QED) is 0.638. The van der Waals surface area contributed by atoms with Crippen LogP contribution in [0.3, 0.4) is 0 Å². The van der Waals surface area contributed by atoms with Crippen molar-refractivity contribution in [3.05, 3.63) is 35.9 Å². The van der Waals surface area contributed by atoms with E-state index in [2.05, 4.69) is 0 Å². The molecule has 22 heavy (non-hydrogen) atoms. The lowest BCUT2D eigenvalue weighted by Crippen LogP contribution is -2.46. The van der Waals surface area contributed by atoms with Crippen LogP contribution in [0, 0.1) is 5.92 Å². The summed E-state index contributed by atoms with van der Waals surface area (Å²) in [5.74, 6) is -0.929. The lowest BCUT2D eigenvalue weighted by molar-refractivity contribution is -0.190. The van der Waals surface area contributed by atoms with Crippen LogP contribution >= 0.6 is 0 Å². The van der Waals surface area contributed by atoms with Gasteiger partial charge in [-0.1, -0.05) is 30.3 Å². The molecule has 0 spiro atoms. The van der Waals surface area contributed by atoms with Gasteiger partial charge in [0.2, 0.25) is 5.91 Å². The topological polar surface area (TPSA) is 87.1 Å². The highest BCUT2D eigenvalue weighted by Crippen LogP contribution is 2.29. The molecule has 1 aliphatic heterocycles. The van der Waals surface area contributed by atoms with Crippen LogP contribution in [0.25, 0.3) is 0 Å². The molecular formula is C16H21NO5. The standard InChI is InChI=1S/C16H21NO5/c1-11(18)22-10-12-7-14(17(21)16(20)8-12)9-15(19)13-5-3-2-4-6-13/h2-6,12,14-15,19,21H,7-10H2,1H3/t12-,14+,15-/m0/s1. The van der Waals surface area contributed by atoms with Crippen molar-refractivity contribution in [3.8, 4) is 0 Å². The second-order valence-corrected chi connectivity index (χ2v) is 5.66. The van der Waals surface area contributed by atoms with Crippen LogP contribution in [0.2, 0.25) is 0 Å². The molecule has 6 nitrogen and oxygen atoms in total. The van der Waals surface area contributed by atoms with E-state index in [0.29, 0.717) is 11.5 Å². The van der Waals surface area contributed by atoms with Crippen molar-refractivity contribution in [1.82, 2.24) is 5.06 Å². The molecule has 0 aromatic heterocycles. The summed E-state index contributed by atoms with van der Waals surface area (Å²) in [5.41, 5.74) is 0.741. The molecule has 1 fully saturated rings. The molecule has 120 valence electrons. The van der Waals surface area contributed by atoms with Gasteiger partial charge >= 0.3 is 5.97 Å². The molecule has 1 aromatic rings. The molecule has 0 unspecified atom stereocenters. The van der Waals surface area contributed by atoms with Crippen LogP contribution in [-0.2, 0) is 14.3 Å². The third-order valence-electron chi connectivity index (χ3n) is 3.87. The van der Waals surface area contributed by atoms with Gasteiger partial charge < -0.3 is 9.84 Å². The van der Waals surface area contributed by atoms with Crippen molar-refractivity contribution >= 4 is 11.9 Å². The van der Waals surface area contributed by atoms with Crippen molar-refractivity contribution in [2.24, 2.45) is 5.92 Å². The Kier molecular flexibility index (Phi) is 5.51. The number of hydrogen-bond donors (Lipinski definition) is 2. The Bertz CT molecular complexity index is 519. The van der Waals surface area contributed by atoms with Gasteiger partial charge in [0.1, 0.15) is 0 Å². The number of rotatable bonds is 5. The Morgan fingerprint density at radius 2 is 2.09 bits per heavy atom. The third-order valence-corrected chi connectivity index (χ3v) is 3.87. The highest BCUT2D eigenvalue weighted by Gasteiger charge is 2.35. The first-order chi connectivity index (χ1) is 10.5. The maximum atomic E-state index is 11.8. The fourth-order valence-electron chi connectivity index (χ4n) is 2.74. The number of esters is 1. The predicted octanol–water partition coefficient (Wildman–Crippen LogP) is 1.67. The summed E-state index contributed by atoms with van der Waals surface area (Å²) in [6, 6.07) is 8.61. The highest BCUT2D eigenvalue weighted by atomic mass is 16.5. The monoisotopic (exact) mass is 307 g/mol. The molecule has 1 aromatic carbocycles. The first-order valence-corrected chi connectivity index (χ1v) is 7.34. The number of aliphatic hydroxyl groups excluding tert-OH is 1. The minimum atomic E-state index is -0.763. The van der Waals surface area contributed by atoms with Crippen molar-refractivity contribution in [2.75, 3.05) is 6.61 Å². The Balaban J connectivity index is 1.98. The zero-order valence-corrected chi connectivity index (χ0v) is 12.5. The molecule has 6 heteroatoms. The van der Waals surface area contributed by atoms with E-state index in [1.165, 1.54) is 6.92 Å². The second-order valence-electron chi connectivity index (χ2n) is 5.66. The van der Waals surface area contributed by atoms with Gasteiger partial charge in [-0.25, -0.2) is 5.06 Å². The fraction of sp³-hybridized carbons (Fsp3) is 0.500. The van der Waals surface area contributed by atoms with Crippen molar-refractivity contribution in [2.45, 2.75) is 38.3 Å². The largest absolute Gasteiger partial charge is 0.466 e. The van der Waals surface area contributed by atoms with Crippen molar-refractivity contribution < 1.29 is 24.6 Å². The van der Waals surface area contributed by atoms with Gasteiger partial charge in [0.25, 0.3) is 0 Å². The van der Waals surface area contributed by atoms with Crippen LogP contribution in [0.15, 0.2) is 30.3 Å². The van der Waals surface area contributed by atoms with E-state index >= 15 is 0 Å². The molecule has 0 radical (unpaired) electrons. The zero-order valence-electron chi connectivity index (χ0n) is 12.5. The minimum Gasteiger partial charge on any atom is -0.466 e. The lowest BCUT2D eigenvalue weighted by atomic mass is 9.88.